The van der Waals surface area contributed by atoms with Crippen molar-refractivity contribution >= 4 is 38.5 Å². The summed E-state index contributed by atoms with van der Waals surface area (Å²) >= 11 is 0. The minimum atomic E-state index is -3.26. The molecule has 0 bridgehead atoms. The number of nitrogens with zero attached hydrogens (tertiary/aromatic N) is 6. The van der Waals surface area contributed by atoms with Gasteiger partial charge in [-0.25, -0.2) is 27.9 Å². The fraction of sp³-hybridized carbons (Fsp3) is 0.500. The van der Waals surface area contributed by atoms with Crippen LogP contribution in [0.25, 0.3) is 11.0 Å². The molecular formula is C24H30N6O4S. The van der Waals surface area contributed by atoms with Crippen molar-refractivity contribution in [3.63, 3.8) is 0 Å². The molecule has 5 rings (SSSR count). The molecule has 0 atom stereocenters. The molecule has 11 heteroatoms. The molecule has 35 heavy (non-hydrogen) atoms. The number of carbonyl (C=O) groups excluding carboxylic acids is 1. The number of fused-ring (bicyclic) bond motifs is 2. The van der Waals surface area contributed by atoms with Crippen molar-refractivity contribution in [1.82, 2.24) is 24.6 Å². The quantitative estimate of drug-likeness (QED) is 0.540. The fourth-order valence-corrected chi connectivity index (χ4v) is 5.45. The van der Waals surface area contributed by atoms with E-state index in [1.807, 2.05) is 31.5 Å². The highest BCUT2D eigenvalue weighted by molar-refractivity contribution is 7.90. The number of aromatic nitrogens is 4. The molecule has 1 saturated heterocycles. The first-order valence-electron chi connectivity index (χ1n) is 11.8. The predicted molar refractivity (Wildman–Crippen MR) is 132 cm³/mol. The standard InChI is InChI=1S/C24H30N6O4S/c1-24(2,3)34-23(31)28-10-8-17(9-11-28)30-22-19(14-27-30)21(25-15-26-22)29-12-7-16-13-18(35(4,32)33)5-6-20(16)29/h5-6,13-15,17H,7-12H2,1-4H3. The average Bonchev–Trinajstić information content (AvgIpc) is 3.41. The molecule has 2 aliphatic heterocycles. The predicted octanol–water partition coefficient (Wildman–Crippen LogP) is 3.50. The lowest BCUT2D eigenvalue weighted by Gasteiger charge is -2.33. The van der Waals surface area contributed by atoms with E-state index in [0.29, 0.717) is 24.5 Å². The Kier molecular flexibility index (Phi) is 5.70. The molecule has 0 saturated carbocycles. The summed E-state index contributed by atoms with van der Waals surface area (Å²) in [6.07, 6.45) is 6.55. The van der Waals surface area contributed by atoms with E-state index in [9.17, 15) is 13.2 Å². The first-order chi connectivity index (χ1) is 16.5. The topological polar surface area (TPSA) is 111 Å². The summed E-state index contributed by atoms with van der Waals surface area (Å²) in [7, 11) is -3.26. The van der Waals surface area contributed by atoms with Gasteiger partial charge in [0.2, 0.25) is 0 Å². The molecule has 0 spiro atoms. The Morgan fingerprint density at radius 3 is 2.54 bits per heavy atom. The Labute approximate surface area is 204 Å². The van der Waals surface area contributed by atoms with Crippen LogP contribution >= 0.6 is 0 Å². The summed E-state index contributed by atoms with van der Waals surface area (Å²) in [4.78, 5) is 25.7. The van der Waals surface area contributed by atoms with Gasteiger partial charge in [-0.05, 0) is 63.8 Å². The van der Waals surface area contributed by atoms with Gasteiger partial charge in [0.15, 0.2) is 15.5 Å². The van der Waals surface area contributed by atoms with Crippen LogP contribution < -0.4 is 4.90 Å². The molecule has 2 aromatic heterocycles. The summed E-state index contributed by atoms with van der Waals surface area (Å²) in [6, 6.07) is 5.37. The minimum Gasteiger partial charge on any atom is -0.444 e. The van der Waals surface area contributed by atoms with Crippen LogP contribution in [-0.4, -0.2) is 70.7 Å². The maximum Gasteiger partial charge on any atom is 0.410 e. The van der Waals surface area contributed by atoms with Crippen molar-refractivity contribution in [2.75, 3.05) is 30.8 Å². The number of hydrogen-bond donors (Lipinski definition) is 0. The van der Waals surface area contributed by atoms with Crippen LogP contribution in [0, 0.1) is 0 Å². The van der Waals surface area contributed by atoms with Gasteiger partial charge in [-0.1, -0.05) is 0 Å². The van der Waals surface area contributed by atoms with Crippen LogP contribution in [-0.2, 0) is 21.0 Å². The lowest BCUT2D eigenvalue weighted by atomic mass is 10.1. The lowest BCUT2D eigenvalue weighted by molar-refractivity contribution is 0.0186. The third-order valence-corrected chi connectivity index (χ3v) is 7.57. The van der Waals surface area contributed by atoms with Crippen LogP contribution in [0.2, 0.25) is 0 Å². The number of piperidine rings is 1. The maximum atomic E-state index is 12.4. The van der Waals surface area contributed by atoms with Gasteiger partial charge in [0.25, 0.3) is 0 Å². The van der Waals surface area contributed by atoms with Crippen LogP contribution in [0.5, 0.6) is 0 Å². The monoisotopic (exact) mass is 498 g/mol. The summed E-state index contributed by atoms with van der Waals surface area (Å²) in [6.45, 7) is 7.51. The van der Waals surface area contributed by atoms with Crippen LogP contribution in [0.4, 0.5) is 16.3 Å². The van der Waals surface area contributed by atoms with E-state index in [1.54, 1.807) is 29.6 Å². The van der Waals surface area contributed by atoms with Crippen LogP contribution in [0.1, 0.15) is 45.2 Å². The van der Waals surface area contributed by atoms with Gasteiger partial charge in [0, 0.05) is 31.6 Å². The Bertz CT molecular complexity index is 1390. The number of anilines is 2. The molecule has 0 aliphatic carbocycles. The maximum absolute atomic E-state index is 12.4. The van der Waals surface area contributed by atoms with Gasteiger partial charge >= 0.3 is 6.09 Å². The number of amides is 1. The molecule has 1 amide bonds. The van der Waals surface area contributed by atoms with E-state index >= 15 is 0 Å². The molecule has 0 radical (unpaired) electrons. The van der Waals surface area contributed by atoms with E-state index < -0.39 is 15.4 Å². The Morgan fingerprint density at radius 2 is 1.86 bits per heavy atom. The largest absolute Gasteiger partial charge is 0.444 e. The molecule has 186 valence electrons. The third kappa shape index (κ3) is 4.56. The van der Waals surface area contributed by atoms with Crippen molar-refractivity contribution in [1.29, 1.82) is 0 Å². The zero-order chi connectivity index (χ0) is 25.0. The molecule has 4 heterocycles. The normalized spacial score (nSPS) is 17.1. The van der Waals surface area contributed by atoms with Crippen molar-refractivity contribution < 1.29 is 17.9 Å². The minimum absolute atomic E-state index is 0.122. The summed E-state index contributed by atoms with van der Waals surface area (Å²) < 4.78 is 31.4. The summed E-state index contributed by atoms with van der Waals surface area (Å²) in [5, 5.41) is 5.51. The molecule has 0 N–H and O–H groups in total. The molecule has 3 aromatic rings. The number of hydrogen-bond acceptors (Lipinski definition) is 8. The van der Waals surface area contributed by atoms with Gasteiger partial charge in [0.05, 0.1) is 22.5 Å². The summed E-state index contributed by atoms with van der Waals surface area (Å²) in [5.41, 5.74) is 2.18. The molecule has 10 nitrogen and oxygen atoms in total. The van der Waals surface area contributed by atoms with Gasteiger partial charge in [-0.15, -0.1) is 0 Å². The van der Waals surface area contributed by atoms with Gasteiger partial charge in [-0.3, -0.25) is 0 Å². The van der Waals surface area contributed by atoms with E-state index in [2.05, 4.69) is 20.0 Å². The van der Waals surface area contributed by atoms with Crippen molar-refractivity contribution in [2.45, 2.75) is 56.6 Å². The Morgan fingerprint density at radius 1 is 1.11 bits per heavy atom. The van der Waals surface area contributed by atoms with Gasteiger partial charge in [-0.2, -0.15) is 5.10 Å². The van der Waals surface area contributed by atoms with Gasteiger partial charge in [0.1, 0.15) is 17.7 Å². The highest BCUT2D eigenvalue weighted by Gasteiger charge is 2.30. The smallest absolute Gasteiger partial charge is 0.410 e. The highest BCUT2D eigenvalue weighted by Crippen LogP contribution is 2.38. The molecule has 0 unspecified atom stereocenters. The first kappa shape index (κ1) is 23.5. The van der Waals surface area contributed by atoms with E-state index in [0.717, 1.165) is 47.4 Å². The second-order valence-electron chi connectivity index (χ2n) is 10.2. The summed E-state index contributed by atoms with van der Waals surface area (Å²) in [5.74, 6) is 0.762. The van der Waals surface area contributed by atoms with Gasteiger partial charge < -0.3 is 14.5 Å². The van der Waals surface area contributed by atoms with Crippen LogP contribution in [0.15, 0.2) is 35.6 Å². The number of ether oxygens (including phenoxy) is 1. The second kappa shape index (κ2) is 8.47. The molecule has 1 aromatic carbocycles. The highest BCUT2D eigenvalue weighted by atomic mass is 32.2. The first-order valence-corrected chi connectivity index (χ1v) is 13.7. The third-order valence-electron chi connectivity index (χ3n) is 6.46. The van der Waals surface area contributed by atoms with Crippen molar-refractivity contribution in [3.05, 3.63) is 36.3 Å². The molecule has 1 fully saturated rings. The number of carbonyl (C=O) groups is 1. The number of likely N-dealkylation sites (tertiary alicyclic amines) is 1. The zero-order valence-corrected chi connectivity index (χ0v) is 21.2. The molecular weight excluding hydrogens is 468 g/mol. The van der Waals surface area contributed by atoms with Crippen LogP contribution in [0.3, 0.4) is 0 Å². The SMILES string of the molecule is CC(C)(C)OC(=O)N1CCC(n2ncc3c(N4CCc5cc(S(C)(=O)=O)ccc54)ncnc32)CC1. The lowest BCUT2D eigenvalue weighted by Crippen LogP contribution is -2.42. The van der Waals surface area contributed by atoms with Crippen molar-refractivity contribution in [2.24, 2.45) is 0 Å². The zero-order valence-electron chi connectivity index (χ0n) is 20.4. The number of sulfone groups is 1. The van der Waals surface area contributed by atoms with E-state index in [-0.39, 0.29) is 12.1 Å². The van der Waals surface area contributed by atoms with E-state index in [1.165, 1.54) is 6.26 Å². The van der Waals surface area contributed by atoms with Crippen molar-refractivity contribution in [3.8, 4) is 0 Å². The molecule has 2 aliphatic rings. The second-order valence-corrected chi connectivity index (χ2v) is 12.2. The Hall–Kier alpha value is -3.21. The fourth-order valence-electron chi connectivity index (χ4n) is 4.78. The Balaban J connectivity index is 1.38. The number of benzene rings is 1. The number of rotatable bonds is 3. The van der Waals surface area contributed by atoms with E-state index in [4.69, 9.17) is 4.74 Å². The average molecular weight is 499 g/mol.